The highest BCUT2D eigenvalue weighted by atomic mass is 32.1. The van der Waals surface area contributed by atoms with Crippen LogP contribution in [0.1, 0.15) is 20.3 Å². The number of benzene rings is 1. The van der Waals surface area contributed by atoms with Crippen molar-refractivity contribution in [2.45, 2.75) is 20.3 Å². The molecule has 1 aromatic carbocycles. The summed E-state index contributed by atoms with van der Waals surface area (Å²) in [4.78, 5) is 2.26. The molecule has 0 saturated heterocycles. The summed E-state index contributed by atoms with van der Waals surface area (Å²) in [7, 11) is 0. The molecule has 0 aromatic heterocycles. The molecule has 0 amide bonds. The van der Waals surface area contributed by atoms with E-state index in [-0.39, 0.29) is 5.41 Å². The first-order valence-electron chi connectivity index (χ1n) is 5.87. The molecule has 0 bridgehead atoms. The lowest BCUT2D eigenvalue weighted by Gasteiger charge is -2.32. The molecule has 0 fully saturated rings. The molecule has 0 aliphatic carbocycles. The van der Waals surface area contributed by atoms with Gasteiger partial charge >= 0.3 is 0 Å². The van der Waals surface area contributed by atoms with Crippen molar-refractivity contribution < 1.29 is 0 Å². The number of rotatable bonds is 6. The Morgan fingerprint density at radius 2 is 1.94 bits per heavy atom. The van der Waals surface area contributed by atoms with Crippen molar-refractivity contribution in [2.24, 2.45) is 5.41 Å². The highest BCUT2D eigenvalue weighted by Crippen LogP contribution is 2.23. The number of hydrogen-bond acceptors (Lipinski definition) is 3. The Bertz CT molecular complexity index is 368. The van der Waals surface area contributed by atoms with Crippen molar-refractivity contribution in [1.29, 1.82) is 5.26 Å². The number of nitriles is 1. The van der Waals surface area contributed by atoms with Crippen LogP contribution < -0.4 is 4.90 Å². The molecule has 0 radical (unpaired) electrons. The van der Waals surface area contributed by atoms with Crippen LogP contribution in [-0.2, 0) is 0 Å². The molecule has 0 saturated carbocycles. The van der Waals surface area contributed by atoms with Crippen LogP contribution in [0.25, 0.3) is 0 Å². The van der Waals surface area contributed by atoms with Crippen LogP contribution in [0.2, 0.25) is 0 Å². The van der Waals surface area contributed by atoms with E-state index in [0.717, 1.165) is 18.8 Å². The van der Waals surface area contributed by atoms with Crippen LogP contribution >= 0.6 is 12.6 Å². The average molecular weight is 248 g/mol. The van der Waals surface area contributed by atoms with Crippen LogP contribution in [0.4, 0.5) is 5.69 Å². The number of para-hydroxylation sites is 1. The molecule has 2 nitrogen and oxygen atoms in total. The summed E-state index contributed by atoms with van der Waals surface area (Å²) in [6.45, 7) is 6.09. The minimum absolute atomic E-state index is 0.147. The summed E-state index contributed by atoms with van der Waals surface area (Å²) < 4.78 is 0. The number of nitrogens with zero attached hydrogens (tertiary/aromatic N) is 2. The highest BCUT2D eigenvalue weighted by molar-refractivity contribution is 7.80. The van der Waals surface area contributed by atoms with Gasteiger partial charge in [0.2, 0.25) is 0 Å². The number of anilines is 1. The first-order valence-corrected chi connectivity index (χ1v) is 6.50. The predicted molar refractivity (Wildman–Crippen MR) is 76.5 cm³/mol. The van der Waals surface area contributed by atoms with E-state index in [0.29, 0.717) is 6.42 Å². The lowest BCUT2D eigenvalue weighted by molar-refractivity contribution is 0.421. The SMILES string of the molecule is CC(C)(CS)CN(CCC#N)c1ccccc1. The van der Waals surface area contributed by atoms with E-state index in [2.05, 4.69) is 49.6 Å². The van der Waals surface area contributed by atoms with Gasteiger partial charge in [0, 0.05) is 18.8 Å². The first kappa shape index (κ1) is 13.9. The number of thiol groups is 1. The van der Waals surface area contributed by atoms with E-state index in [9.17, 15) is 0 Å². The predicted octanol–water partition coefficient (Wildman–Crippen LogP) is 3.36. The van der Waals surface area contributed by atoms with Gasteiger partial charge in [-0.3, -0.25) is 0 Å². The van der Waals surface area contributed by atoms with Crippen molar-refractivity contribution in [3.8, 4) is 6.07 Å². The normalized spacial score (nSPS) is 10.9. The van der Waals surface area contributed by atoms with Crippen molar-refractivity contribution in [3.63, 3.8) is 0 Å². The van der Waals surface area contributed by atoms with Gasteiger partial charge in [0.25, 0.3) is 0 Å². The first-order chi connectivity index (χ1) is 8.09. The van der Waals surface area contributed by atoms with Crippen LogP contribution in [0.5, 0.6) is 0 Å². The largest absolute Gasteiger partial charge is 0.370 e. The van der Waals surface area contributed by atoms with Gasteiger partial charge < -0.3 is 4.90 Å². The van der Waals surface area contributed by atoms with Crippen LogP contribution in [0.15, 0.2) is 30.3 Å². The van der Waals surface area contributed by atoms with E-state index in [1.54, 1.807) is 0 Å². The van der Waals surface area contributed by atoms with Gasteiger partial charge in [-0.2, -0.15) is 17.9 Å². The molecule has 1 aromatic rings. The highest BCUT2D eigenvalue weighted by Gasteiger charge is 2.20. The van der Waals surface area contributed by atoms with Crippen molar-refractivity contribution >= 4 is 18.3 Å². The lowest BCUT2D eigenvalue weighted by Crippen LogP contribution is -2.36. The summed E-state index contributed by atoms with van der Waals surface area (Å²) in [6.07, 6.45) is 0.553. The molecule has 0 atom stereocenters. The van der Waals surface area contributed by atoms with E-state index in [4.69, 9.17) is 5.26 Å². The fourth-order valence-corrected chi connectivity index (χ4v) is 1.79. The fraction of sp³-hybridized carbons (Fsp3) is 0.500. The molecule has 0 spiro atoms. The van der Waals surface area contributed by atoms with Crippen LogP contribution in [0, 0.1) is 16.7 Å². The molecule has 0 unspecified atom stereocenters. The zero-order valence-electron chi connectivity index (χ0n) is 10.6. The summed E-state index contributed by atoms with van der Waals surface area (Å²) >= 11 is 4.39. The molecule has 0 aliphatic rings. The molecule has 1 rings (SSSR count). The third-order valence-electron chi connectivity index (χ3n) is 2.66. The van der Waals surface area contributed by atoms with Gasteiger partial charge in [-0.15, -0.1) is 0 Å². The quantitative estimate of drug-likeness (QED) is 0.782. The van der Waals surface area contributed by atoms with Crippen molar-refractivity contribution in [3.05, 3.63) is 30.3 Å². The van der Waals surface area contributed by atoms with Gasteiger partial charge in [0.05, 0.1) is 12.5 Å². The maximum absolute atomic E-state index is 8.73. The average Bonchev–Trinajstić information content (AvgIpc) is 2.35. The lowest BCUT2D eigenvalue weighted by atomic mass is 9.95. The number of hydrogen-bond donors (Lipinski definition) is 1. The molecule has 92 valence electrons. The molecule has 0 N–H and O–H groups in total. The Hall–Kier alpha value is -1.14. The van der Waals surface area contributed by atoms with E-state index < -0.39 is 0 Å². The minimum Gasteiger partial charge on any atom is -0.370 e. The van der Waals surface area contributed by atoms with E-state index in [1.807, 2.05) is 18.2 Å². The van der Waals surface area contributed by atoms with Gasteiger partial charge in [-0.1, -0.05) is 32.0 Å². The van der Waals surface area contributed by atoms with Crippen molar-refractivity contribution in [2.75, 3.05) is 23.7 Å². The zero-order valence-corrected chi connectivity index (χ0v) is 11.5. The maximum atomic E-state index is 8.73. The Kier molecular flexibility index (Phi) is 5.37. The molecule has 0 aliphatic heterocycles. The standard InChI is InChI=1S/C14H20N2S/c1-14(2,12-17)11-16(10-6-9-15)13-7-4-3-5-8-13/h3-5,7-8,17H,6,10-12H2,1-2H3. The molecular formula is C14H20N2S. The van der Waals surface area contributed by atoms with Gasteiger partial charge in [0.15, 0.2) is 0 Å². The Morgan fingerprint density at radius 1 is 1.29 bits per heavy atom. The summed E-state index contributed by atoms with van der Waals surface area (Å²) in [6, 6.07) is 12.5. The van der Waals surface area contributed by atoms with E-state index >= 15 is 0 Å². The maximum Gasteiger partial charge on any atom is 0.0640 e. The molecular weight excluding hydrogens is 228 g/mol. The topological polar surface area (TPSA) is 27.0 Å². The third-order valence-corrected chi connectivity index (χ3v) is 3.52. The fourth-order valence-electron chi connectivity index (χ4n) is 1.69. The summed E-state index contributed by atoms with van der Waals surface area (Å²) in [5.41, 5.74) is 1.33. The second-order valence-corrected chi connectivity index (χ2v) is 5.30. The monoisotopic (exact) mass is 248 g/mol. The summed E-state index contributed by atoms with van der Waals surface area (Å²) in [5, 5.41) is 8.73. The minimum atomic E-state index is 0.147. The second kappa shape index (κ2) is 6.56. The molecule has 0 heterocycles. The van der Waals surface area contributed by atoms with Crippen LogP contribution in [0.3, 0.4) is 0 Å². The molecule has 17 heavy (non-hydrogen) atoms. The Morgan fingerprint density at radius 3 is 2.47 bits per heavy atom. The van der Waals surface area contributed by atoms with Gasteiger partial charge in [-0.25, -0.2) is 0 Å². The summed E-state index contributed by atoms with van der Waals surface area (Å²) in [5.74, 6) is 0.836. The van der Waals surface area contributed by atoms with Gasteiger partial charge in [0.1, 0.15) is 0 Å². The van der Waals surface area contributed by atoms with Crippen molar-refractivity contribution in [1.82, 2.24) is 0 Å². The Labute approximate surface area is 110 Å². The molecule has 3 heteroatoms. The van der Waals surface area contributed by atoms with E-state index in [1.165, 1.54) is 5.69 Å². The van der Waals surface area contributed by atoms with Gasteiger partial charge in [-0.05, 0) is 23.3 Å². The Balaban J connectivity index is 2.78. The third kappa shape index (κ3) is 4.70. The second-order valence-electron chi connectivity index (χ2n) is 4.99. The zero-order chi connectivity index (χ0) is 12.7. The van der Waals surface area contributed by atoms with Crippen LogP contribution in [-0.4, -0.2) is 18.8 Å². The smallest absolute Gasteiger partial charge is 0.0640 e.